The molecule has 0 aliphatic heterocycles. The van der Waals surface area contributed by atoms with Gasteiger partial charge in [-0.3, -0.25) is 9.59 Å². The Labute approximate surface area is 200 Å². The van der Waals surface area contributed by atoms with E-state index in [1.807, 2.05) is 6.07 Å². The predicted molar refractivity (Wildman–Crippen MR) is 124 cm³/mol. The summed E-state index contributed by atoms with van der Waals surface area (Å²) in [6.45, 7) is 1.23. The number of carbonyl (C=O) groups excluding carboxylic acids is 2. The van der Waals surface area contributed by atoms with E-state index in [0.29, 0.717) is 11.3 Å². The first kappa shape index (κ1) is 26.4. The van der Waals surface area contributed by atoms with Gasteiger partial charge in [-0.25, -0.2) is 9.37 Å². The number of aromatic nitrogens is 1. The summed E-state index contributed by atoms with van der Waals surface area (Å²) in [5.74, 6) is -1.91. The van der Waals surface area contributed by atoms with Crippen LogP contribution in [0.5, 0.6) is 17.2 Å². The number of halogens is 2. The largest absolute Gasteiger partial charge is 0.508 e. The van der Waals surface area contributed by atoms with Gasteiger partial charge in [0.15, 0.2) is 17.2 Å². The van der Waals surface area contributed by atoms with Crippen LogP contribution in [0.4, 0.5) is 4.39 Å². The lowest BCUT2D eigenvalue weighted by atomic mass is 10.1. The number of phenolic OH excluding ortho intramolecular Hbond substituents is 1. The molecule has 1 unspecified atom stereocenters. The van der Waals surface area contributed by atoms with Crippen LogP contribution >= 0.6 is 11.6 Å². The SMILES string of the molecule is COc1ccnc(C(=O)NCC(=O)OC(C)Cc2ccc(F)cc2Cl)c1O.Oc1ccccc1. The van der Waals surface area contributed by atoms with Crippen LogP contribution < -0.4 is 10.1 Å². The van der Waals surface area contributed by atoms with Crippen LogP contribution in [-0.2, 0) is 16.0 Å². The van der Waals surface area contributed by atoms with Gasteiger partial charge >= 0.3 is 5.97 Å². The number of ether oxygens (including phenoxy) is 2. The summed E-state index contributed by atoms with van der Waals surface area (Å²) < 4.78 is 23.1. The van der Waals surface area contributed by atoms with E-state index in [1.165, 1.54) is 37.6 Å². The van der Waals surface area contributed by atoms with Gasteiger partial charge in [-0.05, 0) is 36.8 Å². The molecule has 0 fully saturated rings. The molecular weight excluding hydrogens is 467 g/mol. The highest BCUT2D eigenvalue weighted by Crippen LogP contribution is 2.27. The van der Waals surface area contributed by atoms with Crippen LogP contribution in [0, 0.1) is 5.82 Å². The number of hydrogen-bond donors (Lipinski definition) is 3. The van der Waals surface area contributed by atoms with Crippen molar-refractivity contribution in [2.45, 2.75) is 19.4 Å². The van der Waals surface area contributed by atoms with Gasteiger partial charge in [-0.2, -0.15) is 0 Å². The first-order valence-corrected chi connectivity index (χ1v) is 10.5. The number of pyridine rings is 1. The number of para-hydroxylation sites is 1. The number of carbonyl (C=O) groups is 2. The molecular formula is C24H24ClFN2O6. The first-order valence-electron chi connectivity index (χ1n) is 10.1. The summed E-state index contributed by atoms with van der Waals surface area (Å²) in [5, 5.41) is 21.1. The molecule has 1 amide bonds. The fraction of sp³-hybridized carbons (Fsp3) is 0.208. The number of esters is 1. The van der Waals surface area contributed by atoms with Gasteiger partial charge < -0.3 is 25.0 Å². The zero-order valence-corrected chi connectivity index (χ0v) is 19.3. The first-order chi connectivity index (χ1) is 16.2. The molecule has 3 N–H and O–H groups in total. The number of methoxy groups -OCH3 is 1. The molecule has 0 aliphatic carbocycles. The summed E-state index contributed by atoms with van der Waals surface area (Å²) >= 11 is 5.94. The van der Waals surface area contributed by atoms with E-state index in [-0.39, 0.29) is 22.9 Å². The lowest BCUT2D eigenvalue weighted by Gasteiger charge is -2.15. The van der Waals surface area contributed by atoms with E-state index in [2.05, 4.69) is 10.3 Å². The molecule has 34 heavy (non-hydrogen) atoms. The number of benzene rings is 2. The summed E-state index contributed by atoms with van der Waals surface area (Å²) in [7, 11) is 1.34. The molecule has 0 saturated heterocycles. The topological polar surface area (TPSA) is 118 Å². The number of aromatic hydroxyl groups is 2. The van der Waals surface area contributed by atoms with Crippen LogP contribution in [0.1, 0.15) is 23.0 Å². The van der Waals surface area contributed by atoms with Crippen molar-refractivity contribution in [3.8, 4) is 17.2 Å². The Bertz CT molecular complexity index is 1110. The average molecular weight is 491 g/mol. The monoisotopic (exact) mass is 490 g/mol. The van der Waals surface area contributed by atoms with Gasteiger partial charge in [0.2, 0.25) is 0 Å². The predicted octanol–water partition coefficient (Wildman–Crippen LogP) is 3.88. The smallest absolute Gasteiger partial charge is 0.325 e. The second-order valence-electron chi connectivity index (χ2n) is 6.97. The van der Waals surface area contributed by atoms with Crippen LogP contribution in [0.25, 0.3) is 0 Å². The number of nitrogens with zero attached hydrogens (tertiary/aromatic N) is 1. The number of phenols is 1. The van der Waals surface area contributed by atoms with Gasteiger partial charge in [-0.15, -0.1) is 0 Å². The van der Waals surface area contributed by atoms with Gasteiger partial charge in [0.1, 0.15) is 24.2 Å². The number of hydrogen-bond acceptors (Lipinski definition) is 7. The Morgan fingerprint density at radius 3 is 2.44 bits per heavy atom. The average Bonchev–Trinajstić information content (AvgIpc) is 2.80. The molecule has 1 aromatic heterocycles. The molecule has 8 nitrogen and oxygen atoms in total. The molecule has 2 aromatic carbocycles. The molecule has 0 aliphatic rings. The highest BCUT2D eigenvalue weighted by atomic mass is 35.5. The Morgan fingerprint density at radius 1 is 1.15 bits per heavy atom. The number of amides is 1. The third-order valence-corrected chi connectivity index (χ3v) is 4.68. The van der Waals surface area contributed by atoms with Crippen LogP contribution in [0.3, 0.4) is 0 Å². The van der Waals surface area contributed by atoms with Crippen molar-refractivity contribution in [3.05, 3.63) is 82.9 Å². The van der Waals surface area contributed by atoms with Crippen molar-refractivity contribution >= 4 is 23.5 Å². The second kappa shape index (κ2) is 13.0. The minimum Gasteiger partial charge on any atom is -0.508 e. The molecule has 0 saturated carbocycles. The maximum absolute atomic E-state index is 13.0. The zero-order chi connectivity index (χ0) is 25.1. The number of nitrogens with one attached hydrogen (secondary N) is 1. The number of rotatable bonds is 7. The maximum Gasteiger partial charge on any atom is 0.325 e. The van der Waals surface area contributed by atoms with E-state index < -0.39 is 36.1 Å². The van der Waals surface area contributed by atoms with Crippen molar-refractivity contribution in [1.29, 1.82) is 0 Å². The highest BCUT2D eigenvalue weighted by molar-refractivity contribution is 6.31. The standard InChI is InChI=1S/C18H18ClFN2O5.C6H6O/c1-10(7-11-3-4-12(20)8-13(11)19)27-15(23)9-22-18(25)16-17(24)14(26-2)5-6-21-16;7-6-4-2-1-3-5-6/h3-6,8,10,24H,7,9H2,1-2H3,(H,22,25);1-5,7H. The minimum absolute atomic E-state index is 0.0857. The molecule has 0 radical (unpaired) electrons. The third-order valence-electron chi connectivity index (χ3n) is 4.33. The van der Waals surface area contributed by atoms with E-state index in [0.717, 1.165) is 0 Å². The molecule has 1 heterocycles. The van der Waals surface area contributed by atoms with Crippen LogP contribution in [0.2, 0.25) is 5.02 Å². The van der Waals surface area contributed by atoms with E-state index in [1.54, 1.807) is 31.2 Å². The van der Waals surface area contributed by atoms with E-state index in [4.69, 9.17) is 26.2 Å². The molecule has 0 spiro atoms. The summed E-state index contributed by atoms with van der Waals surface area (Å²) in [6.07, 6.45) is 1.04. The molecule has 3 aromatic rings. The fourth-order valence-corrected chi connectivity index (χ4v) is 2.98. The fourth-order valence-electron chi connectivity index (χ4n) is 2.74. The quantitative estimate of drug-likeness (QED) is 0.430. The Morgan fingerprint density at radius 2 is 1.85 bits per heavy atom. The Kier molecular flexibility index (Phi) is 10.1. The second-order valence-corrected chi connectivity index (χ2v) is 7.38. The van der Waals surface area contributed by atoms with Gasteiger partial charge in [-0.1, -0.05) is 35.9 Å². The summed E-state index contributed by atoms with van der Waals surface area (Å²) in [6, 6.07) is 14.1. The van der Waals surface area contributed by atoms with Gasteiger partial charge in [0, 0.05) is 23.7 Å². The molecule has 3 rings (SSSR count). The normalized spacial score (nSPS) is 10.9. The lowest BCUT2D eigenvalue weighted by Crippen LogP contribution is -2.33. The summed E-state index contributed by atoms with van der Waals surface area (Å²) in [4.78, 5) is 27.7. The van der Waals surface area contributed by atoms with Gasteiger partial charge in [0.25, 0.3) is 5.91 Å². The summed E-state index contributed by atoms with van der Waals surface area (Å²) in [5.41, 5.74) is 0.362. The van der Waals surface area contributed by atoms with Crippen molar-refractivity contribution in [2.75, 3.05) is 13.7 Å². The van der Waals surface area contributed by atoms with E-state index in [9.17, 15) is 19.1 Å². The van der Waals surface area contributed by atoms with Crippen molar-refractivity contribution in [3.63, 3.8) is 0 Å². The van der Waals surface area contributed by atoms with Gasteiger partial charge in [0.05, 0.1) is 7.11 Å². The van der Waals surface area contributed by atoms with Crippen molar-refractivity contribution in [1.82, 2.24) is 10.3 Å². The Balaban J connectivity index is 0.000000497. The van der Waals surface area contributed by atoms with Crippen LogP contribution in [-0.4, -0.2) is 46.8 Å². The Hall–Kier alpha value is -3.85. The molecule has 10 heteroatoms. The highest BCUT2D eigenvalue weighted by Gasteiger charge is 2.18. The van der Waals surface area contributed by atoms with Crippen LogP contribution in [0.15, 0.2) is 60.8 Å². The lowest BCUT2D eigenvalue weighted by molar-refractivity contribution is -0.146. The maximum atomic E-state index is 13.0. The van der Waals surface area contributed by atoms with E-state index >= 15 is 0 Å². The third kappa shape index (κ3) is 8.25. The minimum atomic E-state index is -0.752. The molecule has 1 atom stereocenters. The molecule has 0 bridgehead atoms. The molecule has 180 valence electrons. The van der Waals surface area contributed by atoms with Crippen molar-refractivity contribution in [2.24, 2.45) is 0 Å². The zero-order valence-electron chi connectivity index (χ0n) is 18.5. The van der Waals surface area contributed by atoms with Crippen molar-refractivity contribution < 1.29 is 33.7 Å².